The van der Waals surface area contributed by atoms with Crippen LogP contribution in [0.5, 0.6) is 0 Å². The second kappa shape index (κ2) is 8.49. The van der Waals surface area contributed by atoms with Crippen LogP contribution in [0, 0.1) is 11.8 Å². The molecule has 0 aromatic heterocycles. The summed E-state index contributed by atoms with van der Waals surface area (Å²) in [5, 5.41) is 0. The summed E-state index contributed by atoms with van der Waals surface area (Å²) in [4.78, 5) is 23.3. The summed E-state index contributed by atoms with van der Waals surface area (Å²) in [5.74, 6) is 0.0555. The van der Waals surface area contributed by atoms with Crippen LogP contribution in [0.3, 0.4) is 0 Å². The van der Waals surface area contributed by atoms with Crippen molar-refractivity contribution in [1.82, 2.24) is 0 Å². The van der Waals surface area contributed by atoms with Crippen LogP contribution >= 0.6 is 0 Å². The quantitative estimate of drug-likeness (QED) is 0.443. The normalized spacial score (nSPS) is 12.8. The molecule has 2 nitrogen and oxygen atoms in total. The van der Waals surface area contributed by atoms with Crippen molar-refractivity contribution in [3.05, 3.63) is 0 Å². The number of hydrogen-bond donors (Lipinski definition) is 0. The van der Waals surface area contributed by atoms with Crippen LogP contribution in [0.15, 0.2) is 0 Å². The smallest absolute Gasteiger partial charge is 0.201 e. The summed E-state index contributed by atoms with van der Waals surface area (Å²) >= 11 is 0. The Morgan fingerprint density at radius 3 is 2.12 bits per heavy atom. The molecule has 0 rings (SSSR count). The van der Waals surface area contributed by atoms with Crippen molar-refractivity contribution in [2.75, 3.05) is 0 Å². The van der Waals surface area contributed by atoms with Crippen molar-refractivity contribution in [3.63, 3.8) is 0 Å². The predicted octanol–water partition coefficient (Wildman–Crippen LogP) is 3.78. The highest BCUT2D eigenvalue weighted by molar-refractivity contribution is 6.37. The van der Waals surface area contributed by atoms with E-state index in [9.17, 15) is 9.59 Å². The highest BCUT2D eigenvalue weighted by Crippen LogP contribution is 2.14. The van der Waals surface area contributed by atoms with Crippen LogP contribution < -0.4 is 0 Å². The number of carbonyl (C=O) groups is 2. The van der Waals surface area contributed by atoms with E-state index < -0.39 is 0 Å². The molecule has 0 amide bonds. The van der Waals surface area contributed by atoms with Gasteiger partial charge in [0.2, 0.25) is 5.78 Å². The molecular formula is C14H26O2. The number of unbranched alkanes of at least 4 members (excludes halogenated alkanes) is 3. The van der Waals surface area contributed by atoms with Crippen LogP contribution in [-0.4, -0.2) is 11.6 Å². The molecule has 0 bridgehead atoms. The average Bonchev–Trinajstić information content (AvgIpc) is 2.22. The molecule has 0 saturated carbocycles. The van der Waals surface area contributed by atoms with Crippen molar-refractivity contribution >= 4 is 11.6 Å². The van der Waals surface area contributed by atoms with Crippen LogP contribution in [0.25, 0.3) is 0 Å². The minimum absolute atomic E-state index is 0.0984. The lowest BCUT2D eigenvalue weighted by Gasteiger charge is -2.11. The van der Waals surface area contributed by atoms with Gasteiger partial charge in [0.1, 0.15) is 0 Å². The molecule has 0 heterocycles. The molecule has 0 spiro atoms. The van der Waals surface area contributed by atoms with E-state index in [1.54, 1.807) is 0 Å². The Morgan fingerprint density at radius 1 is 1.00 bits per heavy atom. The predicted molar refractivity (Wildman–Crippen MR) is 67.4 cm³/mol. The third-order valence-corrected chi connectivity index (χ3v) is 2.80. The van der Waals surface area contributed by atoms with E-state index in [-0.39, 0.29) is 17.5 Å². The zero-order chi connectivity index (χ0) is 12.6. The van der Waals surface area contributed by atoms with Gasteiger partial charge in [0.05, 0.1) is 0 Å². The van der Waals surface area contributed by atoms with Crippen molar-refractivity contribution < 1.29 is 9.59 Å². The lowest BCUT2D eigenvalue weighted by Crippen LogP contribution is -2.22. The Morgan fingerprint density at radius 2 is 1.62 bits per heavy atom. The Bertz CT molecular complexity index is 219. The maximum absolute atomic E-state index is 11.7. The van der Waals surface area contributed by atoms with Gasteiger partial charge in [-0.2, -0.15) is 0 Å². The van der Waals surface area contributed by atoms with E-state index in [4.69, 9.17) is 0 Å². The first-order valence-corrected chi connectivity index (χ1v) is 6.56. The molecule has 0 aliphatic carbocycles. The van der Waals surface area contributed by atoms with Crippen LogP contribution in [0.2, 0.25) is 0 Å². The van der Waals surface area contributed by atoms with Gasteiger partial charge >= 0.3 is 0 Å². The maximum atomic E-state index is 11.7. The zero-order valence-corrected chi connectivity index (χ0v) is 11.2. The highest BCUT2D eigenvalue weighted by atomic mass is 16.2. The summed E-state index contributed by atoms with van der Waals surface area (Å²) in [7, 11) is 0. The molecule has 0 N–H and O–H groups in total. The number of Topliss-reactive ketones (excluding diaryl/α,β-unsaturated/α-hetero) is 2. The van der Waals surface area contributed by atoms with Crippen molar-refractivity contribution in [2.24, 2.45) is 11.8 Å². The Kier molecular flexibility index (Phi) is 8.14. The summed E-state index contributed by atoms with van der Waals surface area (Å²) in [6.07, 6.45) is 5.51. The van der Waals surface area contributed by atoms with E-state index in [0.29, 0.717) is 12.3 Å². The third kappa shape index (κ3) is 6.76. The topological polar surface area (TPSA) is 34.1 Å². The molecule has 0 aromatic carbocycles. The molecule has 16 heavy (non-hydrogen) atoms. The van der Waals surface area contributed by atoms with Crippen molar-refractivity contribution in [3.8, 4) is 0 Å². The zero-order valence-electron chi connectivity index (χ0n) is 11.2. The van der Waals surface area contributed by atoms with Crippen LogP contribution in [-0.2, 0) is 9.59 Å². The maximum Gasteiger partial charge on any atom is 0.201 e. The van der Waals surface area contributed by atoms with E-state index in [1.165, 1.54) is 0 Å². The fourth-order valence-electron chi connectivity index (χ4n) is 1.92. The first kappa shape index (κ1) is 15.3. The molecule has 0 aromatic rings. The van der Waals surface area contributed by atoms with Gasteiger partial charge in [0.25, 0.3) is 0 Å². The van der Waals surface area contributed by atoms with Crippen molar-refractivity contribution in [1.29, 1.82) is 0 Å². The molecule has 94 valence electrons. The molecule has 0 radical (unpaired) electrons. The third-order valence-electron chi connectivity index (χ3n) is 2.80. The molecule has 1 atom stereocenters. The van der Waals surface area contributed by atoms with Gasteiger partial charge in [-0.1, -0.05) is 47.0 Å². The first-order chi connectivity index (χ1) is 7.49. The molecule has 0 saturated heterocycles. The molecule has 1 unspecified atom stereocenters. The van der Waals surface area contributed by atoms with Gasteiger partial charge < -0.3 is 0 Å². The Hall–Kier alpha value is -0.660. The number of rotatable bonds is 9. The van der Waals surface area contributed by atoms with E-state index in [2.05, 4.69) is 20.8 Å². The van der Waals surface area contributed by atoms with E-state index in [1.807, 2.05) is 6.92 Å². The summed E-state index contributed by atoms with van der Waals surface area (Å²) in [6, 6.07) is 0. The Balaban J connectivity index is 3.85. The van der Waals surface area contributed by atoms with Gasteiger partial charge in [-0.3, -0.25) is 9.59 Å². The fraction of sp³-hybridized carbons (Fsp3) is 0.857. The van der Waals surface area contributed by atoms with Gasteiger partial charge in [0, 0.05) is 12.3 Å². The largest absolute Gasteiger partial charge is 0.291 e. The molecule has 2 heteroatoms. The van der Waals surface area contributed by atoms with E-state index in [0.717, 1.165) is 32.1 Å². The highest BCUT2D eigenvalue weighted by Gasteiger charge is 2.21. The Labute approximate surface area is 99.8 Å². The summed E-state index contributed by atoms with van der Waals surface area (Å²) in [6.45, 7) is 8.16. The number of carbonyl (C=O) groups excluding carboxylic acids is 2. The molecule has 0 aliphatic heterocycles. The van der Waals surface area contributed by atoms with Gasteiger partial charge in [-0.15, -0.1) is 0 Å². The SMILES string of the molecule is CCCCCCC(=O)C(=O)C(C)CC(C)C. The standard InChI is InChI=1S/C14H26O2/c1-5-6-7-8-9-13(15)14(16)12(4)10-11(2)3/h11-12H,5-10H2,1-4H3. The monoisotopic (exact) mass is 226 g/mol. The van der Waals surface area contributed by atoms with Crippen LogP contribution in [0.1, 0.15) is 66.2 Å². The lowest BCUT2D eigenvalue weighted by atomic mass is 9.91. The van der Waals surface area contributed by atoms with Crippen LogP contribution in [0.4, 0.5) is 0 Å². The van der Waals surface area contributed by atoms with E-state index >= 15 is 0 Å². The average molecular weight is 226 g/mol. The van der Waals surface area contributed by atoms with Gasteiger partial charge in [-0.25, -0.2) is 0 Å². The lowest BCUT2D eigenvalue weighted by molar-refractivity contribution is -0.139. The second-order valence-electron chi connectivity index (χ2n) is 5.13. The molecular weight excluding hydrogens is 200 g/mol. The molecule has 0 aliphatic rings. The number of ketones is 2. The van der Waals surface area contributed by atoms with Gasteiger partial charge in [0.15, 0.2) is 5.78 Å². The van der Waals surface area contributed by atoms with Crippen molar-refractivity contribution in [2.45, 2.75) is 66.2 Å². The second-order valence-corrected chi connectivity index (χ2v) is 5.13. The minimum Gasteiger partial charge on any atom is -0.291 e. The summed E-state index contributed by atoms with van der Waals surface area (Å²) < 4.78 is 0. The van der Waals surface area contributed by atoms with Gasteiger partial charge in [-0.05, 0) is 18.8 Å². The first-order valence-electron chi connectivity index (χ1n) is 6.56. The summed E-state index contributed by atoms with van der Waals surface area (Å²) in [5.41, 5.74) is 0. The minimum atomic E-state index is -0.163. The molecule has 0 fully saturated rings. The fourth-order valence-corrected chi connectivity index (χ4v) is 1.92. The number of hydrogen-bond acceptors (Lipinski definition) is 2.